The van der Waals surface area contributed by atoms with E-state index in [1.165, 1.54) is 31.0 Å². The first-order valence-electron chi connectivity index (χ1n) is 6.19. The average Bonchev–Trinajstić information content (AvgIpc) is 2.35. The van der Waals surface area contributed by atoms with E-state index in [2.05, 4.69) is 13.5 Å². The highest BCUT2D eigenvalue weighted by atomic mass is 32.2. The van der Waals surface area contributed by atoms with Crippen LogP contribution in [0.3, 0.4) is 0 Å². The Labute approximate surface area is 108 Å². The molecule has 0 saturated carbocycles. The van der Waals surface area contributed by atoms with Gasteiger partial charge in [0, 0.05) is 4.90 Å². The molecule has 0 aliphatic carbocycles. The molecule has 2 heteroatoms. The number of rotatable bonds is 7. The number of carbonyl (C=O) groups excluding carboxylic acids is 1. The maximum atomic E-state index is 11.8. The van der Waals surface area contributed by atoms with Crippen LogP contribution in [0.25, 0.3) is 0 Å². The standard InChI is InChI=1S/C15H20OS/c1-3-4-5-7-10-13(2)15(16)17-14-11-8-6-9-12-14/h6,8-9,11-12H,2-5,7,10H2,1H3. The Bertz CT molecular complexity index is 356. The van der Waals surface area contributed by atoms with Crippen LogP contribution in [0.2, 0.25) is 0 Å². The van der Waals surface area contributed by atoms with Gasteiger partial charge in [-0.15, -0.1) is 0 Å². The summed E-state index contributed by atoms with van der Waals surface area (Å²) in [6.07, 6.45) is 5.57. The number of hydrogen-bond donors (Lipinski definition) is 0. The van der Waals surface area contributed by atoms with Crippen LogP contribution in [-0.2, 0) is 4.79 Å². The van der Waals surface area contributed by atoms with Crippen molar-refractivity contribution < 1.29 is 4.79 Å². The largest absolute Gasteiger partial charge is 0.282 e. The van der Waals surface area contributed by atoms with Gasteiger partial charge in [0.2, 0.25) is 5.12 Å². The van der Waals surface area contributed by atoms with E-state index in [4.69, 9.17) is 0 Å². The fraction of sp³-hybridized carbons (Fsp3) is 0.400. The lowest BCUT2D eigenvalue weighted by Crippen LogP contribution is -1.96. The summed E-state index contributed by atoms with van der Waals surface area (Å²) >= 11 is 1.28. The maximum Gasteiger partial charge on any atom is 0.219 e. The molecule has 1 nitrogen and oxygen atoms in total. The molecule has 0 radical (unpaired) electrons. The second kappa shape index (κ2) is 8.13. The Morgan fingerprint density at radius 1 is 1.18 bits per heavy atom. The molecule has 0 saturated heterocycles. The quantitative estimate of drug-likeness (QED) is 0.390. The second-order valence-electron chi connectivity index (χ2n) is 4.12. The maximum absolute atomic E-state index is 11.8. The first kappa shape index (κ1) is 14.0. The lowest BCUT2D eigenvalue weighted by molar-refractivity contribution is -0.108. The number of carbonyl (C=O) groups is 1. The molecule has 0 aliphatic rings. The molecular formula is C15H20OS. The first-order valence-corrected chi connectivity index (χ1v) is 7.00. The van der Waals surface area contributed by atoms with Crippen molar-refractivity contribution in [2.75, 3.05) is 0 Å². The van der Waals surface area contributed by atoms with Gasteiger partial charge in [-0.25, -0.2) is 0 Å². The van der Waals surface area contributed by atoms with Crippen LogP contribution >= 0.6 is 11.8 Å². The molecular weight excluding hydrogens is 228 g/mol. The van der Waals surface area contributed by atoms with Crippen LogP contribution in [0, 0.1) is 0 Å². The summed E-state index contributed by atoms with van der Waals surface area (Å²) in [6, 6.07) is 9.74. The molecule has 0 N–H and O–H groups in total. The minimum atomic E-state index is 0.104. The van der Waals surface area contributed by atoms with Gasteiger partial charge in [-0.3, -0.25) is 4.79 Å². The van der Waals surface area contributed by atoms with Crippen molar-refractivity contribution in [3.63, 3.8) is 0 Å². The van der Waals surface area contributed by atoms with Gasteiger partial charge in [-0.05, 0) is 42.3 Å². The molecule has 1 aromatic rings. The fourth-order valence-electron chi connectivity index (χ4n) is 1.53. The van der Waals surface area contributed by atoms with E-state index in [0.29, 0.717) is 0 Å². The van der Waals surface area contributed by atoms with E-state index in [-0.39, 0.29) is 5.12 Å². The summed E-state index contributed by atoms with van der Waals surface area (Å²) in [5.41, 5.74) is 0.745. The van der Waals surface area contributed by atoms with Gasteiger partial charge in [0.1, 0.15) is 0 Å². The molecule has 92 valence electrons. The molecule has 17 heavy (non-hydrogen) atoms. The molecule has 0 heterocycles. The van der Waals surface area contributed by atoms with Crippen molar-refractivity contribution in [2.45, 2.75) is 43.9 Å². The monoisotopic (exact) mass is 248 g/mol. The van der Waals surface area contributed by atoms with Gasteiger partial charge >= 0.3 is 0 Å². The van der Waals surface area contributed by atoms with Crippen LogP contribution in [0.1, 0.15) is 39.0 Å². The number of unbranched alkanes of at least 4 members (excludes halogenated alkanes) is 3. The van der Waals surface area contributed by atoms with E-state index in [9.17, 15) is 4.79 Å². The normalized spacial score (nSPS) is 10.2. The molecule has 0 aromatic heterocycles. The zero-order chi connectivity index (χ0) is 12.5. The Kier molecular flexibility index (Phi) is 6.71. The minimum Gasteiger partial charge on any atom is -0.282 e. The van der Waals surface area contributed by atoms with Crippen molar-refractivity contribution in [2.24, 2.45) is 0 Å². The van der Waals surface area contributed by atoms with Crippen molar-refractivity contribution in [3.05, 3.63) is 42.5 Å². The summed E-state index contributed by atoms with van der Waals surface area (Å²) in [6.45, 7) is 6.06. The van der Waals surface area contributed by atoms with E-state index < -0.39 is 0 Å². The minimum absolute atomic E-state index is 0.104. The SMILES string of the molecule is C=C(CCCCCC)C(=O)Sc1ccccc1. The predicted molar refractivity (Wildman–Crippen MR) is 75.2 cm³/mol. The van der Waals surface area contributed by atoms with E-state index in [1.54, 1.807) is 0 Å². The number of benzene rings is 1. The van der Waals surface area contributed by atoms with E-state index in [1.807, 2.05) is 30.3 Å². The summed E-state index contributed by atoms with van der Waals surface area (Å²) in [4.78, 5) is 12.8. The third-order valence-corrected chi connectivity index (χ3v) is 3.56. The van der Waals surface area contributed by atoms with Crippen LogP contribution < -0.4 is 0 Å². The Balaban J connectivity index is 2.30. The highest BCUT2D eigenvalue weighted by molar-refractivity contribution is 8.14. The molecule has 1 aromatic carbocycles. The highest BCUT2D eigenvalue weighted by Crippen LogP contribution is 2.23. The van der Waals surface area contributed by atoms with Gasteiger partial charge in [0.15, 0.2) is 0 Å². The molecule has 0 amide bonds. The average molecular weight is 248 g/mol. The smallest absolute Gasteiger partial charge is 0.219 e. The molecule has 1 rings (SSSR count). The molecule has 0 aliphatic heterocycles. The van der Waals surface area contributed by atoms with Gasteiger partial charge in [0.05, 0.1) is 0 Å². The lowest BCUT2D eigenvalue weighted by atomic mass is 10.1. The third-order valence-electron chi connectivity index (χ3n) is 2.57. The molecule has 0 fully saturated rings. The van der Waals surface area contributed by atoms with Gasteiger partial charge < -0.3 is 0 Å². The Morgan fingerprint density at radius 2 is 1.88 bits per heavy atom. The van der Waals surface area contributed by atoms with Crippen LogP contribution in [0.15, 0.2) is 47.4 Å². The van der Waals surface area contributed by atoms with E-state index in [0.717, 1.165) is 23.3 Å². The Morgan fingerprint density at radius 3 is 2.53 bits per heavy atom. The number of hydrogen-bond acceptors (Lipinski definition) is 2. The topological polar surface area (TPSA) is 17.1 Å². The van der Waals surface area contributed by atoms with Crippen LogP contribution in [0.4, 0.5) is 0 Å². The van der Waals surface area contributed by atoms with Gasteiger partial charge in [0.25, 0.3) is 0 Å². The van der Waals surface area contributed by atoms with Crippen molar-refractivity contribution in [1.82, 2.24) is 0 Å². The van der Waals surface area contributed by atoms with Gasteiger partial charge in [-0.2, -0.15) is 0 Å². The van der Waals surface area contributed by atoms with Crippen molar-refractivity contribution >= 4 is 16.9 Å². The Hall–Kier alpha value is -1.02. The third kappa shape index (κ3) is 5.73. The summed E-state index contributed by atoms with van der Waals surface area (Å²) in [7, 11) is 0. The van der Waals surface area contributed by atoms with E-state index >= 15 is 0 Å². The first-order chi connectivity index (χ1) is 8.24. The summed E-state index contributed by atoms with van der Waals surface area (Å²) in [5, 5.41) is 0.104. The molecule has 0 bridgehead atoms. The highest BCUT2D eigenvalue weighted by Gasteiger charge is 2.08. The van der Waals surface area contributed by atoms with Crippen molar-refractivity contribution in [1.29, 1.82) is 0 Å². The molecule has 0 atom stereocenters. The summed E-state index contributed by atoms with van der Waals surface area (Å²) < 4.78 is 0. The predicted octanol–water partition coefficient (Wildman–Crippen LogP) is 4.83. The van der Waals surface area contributed by atoms with Gasteiger partial charge in [-0.1, -0.05) is 51.0 Å². The molecule has 0 spiro atoms. The zero-order valence-electron chi connectivity index (χ0n) is 10.4. The molecule has 0 unspecified atom stereocenters. The van der Waals surface area contributed by atoms with Crippen LogP contribution in [-0.4, -0.2) is 5.12 Å². The summed E-state index contributed by atoms with van der Waals surface area (Å²) in [5.74, 6) is 0. The fourth-order valence-corrected chi connectivity index (χ4v) is 2.29. The lowest BCUT2D eigenvalue weighted by Gasteiger charge is -2.04. The van der Waals surface area contributed by atoms with Crippen LogP contribution in [0.5, 0.6) is 0 Å². The zero-order valence-corrected chi connectivity index (χ0v) is 11.3. The second-order valence-corrected chi connectivity index (χ2v) is 5.16. The van der Waals surface area contributed by atoms with Crippen molar-refractivity contribution in [3.8, 4) is 0 Å². The number of thioether (sulfide) groups is 1.